The van der Waals surface area contributed by atoms with Crippen molar-refractivity contribution in [2.75, 3.05) is 12.3 Å². The van der Waals surface area contributed by atoms with Crippen molar-refractivity contribution in [3.63, 3.8) is 0 Å². The van der Waals surface area contributed by atoms with Gasteiger partial charge in [-0.05, 0) is 15.9 Å². The molecule has 0 amide bonds. The normalized spacial score (nSPS) is 28.2. The standard InChI is InChI=1S/C9H13BrN3O9P/c10-3-6(11)13(9(17)12-7(3)16)8-5(15)4(14)2(22-8)1-21-23(18,19)20/h2,4-5,8,14-15H,1,11H2,(H,12,16,17)(H2,18,19,20)/t2-,4-,5-,8-/m1/s1. The quantitative estimate of drug-likeness (QED) is 0.287. The molecule has 12 nitrogen and oxygen atoms in total. The second-order valence-corrected chi connectivity index (χ2v) is 6.69. The highest BCUT2D eigenvalue weighted by molar-refractivity contribution is 9.10. The predicted octanol–water partition coefficient (Wildman–Crippen LogP) is -2.39. The summed E-state index contributed by atoms with van der Waals surface area (Å²) >= 11 is 2.86. The van der Waals surface area contributed by atoms with Crippen LogP contribution in [0.15, 0.2) is 14.1 Å². The number of nitrogens with zero attached hydrogens (tertiary/aromatic N) is 1. The number of hydrogen-bond donors (Lipinski definition) is 6. The number of nitrogens with one attached hydrogen (secondary N) is 1. The number of H-pyrrole nitrogens is 1. The summed E-state index contributed by atoms with van der Waals surface area (Å²) in [6.07, 6.45) is -6.09. The fourth-order valence-corrected chi connectivity index (χ4v) is 2.68. The van der Waals surface area contributed by atoms with Gasteiger partial charge in [0.15, 0.2) is 6.23 Å². The van der Waals surface area contributed by atoms with Gasteiger partial charge in [-0.15, -0.1) is 0 Å². The third kappa shape index (κ3) is 3.72. The van der Waals surface area contributed by atoms with Crippen molar-refractivity contribution in [3.8, 4) is 0 Å². The first-order valence-electron chi connectivity index (χ1n) is 6.04. The molecule has 7 N–H and O–H groups in total. The number of aromatic nitrogens is 2. The van der Waals surface area contributed by atoms with Gasteiger partial charge in [-0.25, -0.2) is 13.9 Å². The van der Waals surface area contributed by atoms with Gasteiger partial charge in [0, 0.05) is 0 Å². The zero-order valence-electron chi connectivity index (χ0n) is 11.2. The van der Waals surface area contributed by atoms with Crippen LogP contribution in [0, 0.1) is 0 Å². The maximum atomic E-state index is 11.9. The summed E-state index contributed by atoms with van der Waals surface area (Å²) in [6, 6.07) is 0. The molecule has 1 fully saturated rings. The number of aliphatic hydroxyl groups excluding tert-OH is 2. The van der Waals surface area contributed by atoms with Gasteiger partial charge >= 0.3 is 13.5 Å². The van der Waals surface area contributed by atoms with Crippen molar-refractivity contribution in [1.82, 2.24) is 9.55 Å². The van der Waals surface area contributed by atoms with Crippen LogP contribution >= 0.6 is 23.8 Å². The van der Waals surface area contributed by atoms with Gasteiger partial charge < -0.3 is 30.5 Å². The van der Waals surface area contributed by atoms with Crippen LogP contribution in [0.2, 0.25) is 0 Å². The Balaban J connectivity index is 2.32. The molecular weight excluding hydrogens is 405 g/mol. The third-order valence-electron chi connectivity index (χ3n) is 3.12. The van der Waals surface area contributed by atoms with E-state index in [2.05, 4.69) is 20.5 Å². The van der Waals surface area contributed by atoms with E-state index in [1.54, 1.807) is 0 Å². The number of hydrogen-bond acceptors (Lipinski definition) is 8. The first kappa shape index (κ1) is 18.3. The van der Waals surface area contributed by atoms with E-state index in [9.17, 15) is 24.4 Å². The Morgan fingerprint density at radius 1 is 1.35 bits per heavy atom. The molecule has 0 unspecified atom stereocenters. The number of aliphatic hydroxyl groups is 2. The zero-order chi connectivity index (χ0) is 17.5. The minimum Gasteiger partial charge on any atom is -0.387 e. The number of rotatable bonds is 4. The summed E-state index contributed by atoms with van der Waals surface area (Å²) in [5.41, 5.74) is 3.84. The van der Waals surface area contributed by atoms with Crippen LogP contribution < -0.4 is 17.0 Å². The monoisotopic (exact) mass is 417 g/mol. The zero-order valence-corrected chi connectivity index (χ0v) is 13.7. The molecule has 14 heteroatoms. The van der Waals surface area contributed by atoms with Crippen LogP contribution in [0.4, 0.5) is 5.82 Å². The van der Waals surface area contributed by atoms with Gasteiger partial charge in [0.25, 0.3) is 5.56 Å². The molecule has 1 aliphatic rings. The summed E-state index contributed by atoms with van der Waals surface area (Å²) in [4.78, 5) is 42.5. The molecule has 4 atom stereocenters. The maximum Gasteiger partial charge on any atom is 0.469 e. The Bertz CT molecular complexity index is 758. The minimum atomic E-state index is -4.81. The second-order valence-electron chi connectivity index (χ2n) is 4.66. The summed E-state index contributed by atoms with van der Waals surface area (Å²) in [5, 5.41) is 19.8. The largest absolute Gasteiger partial charge is 0.469 e. The van der Waals surface area contributed by atoms with Gasteiger partial charge in [-0.1, -0.05) is 0 Å². The van der Waals surface area contributed by atoms with Crippen molar-refractivity contribution in [1.29, 1.82) is 0 Å². The number of halogens is 1. The highest BCUT2D eigenvalue weighted by Crippen LogP contribution is 2.38. The molecule has 1 aliphatic heterocycles. The van der Waals surface area contributed by atoms with E-state index in [-0.39, 0.29) is 10.3 Å². The molecule has 0 spiro atoms. The van der Waals surface area contributed by atoms with Crippen LogP contribution in [-0.2, 0) is 13.8 Å². The minimum absolute atomic E-state index is 0.183. The Morgan fingerprint density at radius 2 is 1.96 bits per heavy atom. The van der Waals surface area contributed by atoms with Crippen LogP contribution in [0.25, 0.3) is 0 Å². The SMILES string of the molecule is Nc1c(Br)c(=O)[nH]c(=O)n1[C@@H]1O[C@H](COP(=O)(O)O)[C@@H](O)[C@H]1O. The third-order valence-corrected chi connectivity index (χ3v) is 4.37. The van der Waals surface area contributed by atoms with Crippen LogP contribution in [0.3, 0.4) is 0 Å². The Hall–Kier alpha value is -1.05. The molecule has 0 radical (unpaired) electrons. The number of ether oxygens (including phenoxy) is 1. The molecule has 2 heterocycles. The van der Waals surface area contributed by atoms with E-state index in [0.717, 1.165) is 0 Å². The molecule has 0 bridgehead atoms. The molecule has 130 valence electrons. The van der Waals surface area contributed by atoms with E-state index in [1.165, 1.54) is 0 Å². The lowest BCUT2D eigenvalue weighted by atomic mass is 10.1. The van der Waals surface area contributed by atoms with Crippen molar-refractivity contribution < 1.29 is 33.8 Å². The number of anilines is 1. The van der Waals surface area contributed by atoms with Gasteiger partial charge in [0.2, 0.25) is 0 Å². The number of aromatic amines is 1. The molecule has 2 rings (SSSR count). The average Bonchev–Trinajstić information content (AvgIpc) is 2.70. The molecule has 0 aliphatic carbocycles. The molecule has 1 aromatic heterocycles. The second kappa shape index (κ2) is 6.45. The fourth-order valence-electron chi connectivity index (χ4n) is 2.05. The summed E-state index contributed by atoms with van der Waals surface area (Å²) in [6.45, 7) is -0.738. The first-order chi connectivity index (χ1) is 10.5. The Kier molecular flexibility index (Phi) is 5.13. The Morgan fingerprint density at radius 3 is 2.52 bits per heavy atom. The van der Waals surface area contributed by atoms with Crippen molar-refractivity contribution in [3.05, 3.63) is 25.3 Å². The van der Waals surface area contributed by atoms with Gasteiger partial charge in [0.1, 0.15) is 28.6 Å². The Labute approximate surface area is 135 Å². The van der Waals surface area contributed by atoms with Crippen molar-refractivity contribution in [2.45, 2.75) is 24.5 Å². The highest BCUT2D eigenvalue weighted by atomic mass is 79.9. The van der Waals surface area contributed by atoms with Crippen molar-refractivity contribution >= 4 is 29.6 Å². The highest BCUT2D eigenvalue weighted by Gasteiger charge is 2.45. The van der Waals surface area contributed by atoms with E-state index in [1.807, 2.05) is 4.98 Å². The van der Waals surface area contributed by atoms with Crippen LogP contribution in [-0.4, -0.2) is 54.5 Å². The van der Waals surface area contributed by atoms with Crippen LogP contribution in [0.5, 0.6) is 0 Å². The summed E-state index contributed by atoms with van der Waals surface area (Å²) in [7, 11) is -4.81. The predicted molar refractivity (Wildman–Crippen MR) is 77.4 cm³/mol. The van der Waals surface area contributed by atoms with Crippen LogP contribution in [0.1, 0.15) is 6.23 Å². The lowest BCUT2D eigenvalue weighted by molar-refractivity contribution is -0.0532. The van der Waals surface area contributed by atoms with E-state index in [0.29, 0.717) is 4.57 Å². The van der Waals surface area contributed by atoms with Gasteiger partial charge in [-0.2, -0.15) is 0 Å². The molecule has 0 aromatic carbocycles. The topological polar surface area (TPSA) is 197 Å². The van der Waals surface area contributed by atoms with E-state index < -0.39 is 50.2 Å². The number of phosphoric acid groups is 1. The lowest BCUT2D eigenvalue weighted by Gasteiger charge is -2.19. The summed E-state index contributed by atoms with van der Waals surface area (Å²) in [5.74, 6) is -0.355. The maximum absolute atomic E-state index is 11.9. The first-order valence-corrected chi connectivity index (χ1v) is 8.36. The average molecular weight is 418 g/mol. The lowest BCUT2D eigenvalue weighted by Crippen LogP contribution is -2.39. The number of nitrogen functional groups attached to an aromatic ring is 1. The van der Waals surface area contributed by atoms with Gasteiger partial charge in [-0.3, -0.25) is 14.3 Å². The van der Waals surface area contributed by atoms with E-state index >= 15 is 0 Å². The number of phosphoric ester groups is 1. The molecule has 1 aromatic rings. The molecular formula is C9H13BrN3O9P. The summed E-state index contributed by atoms with van der Waals surface area (Å²) < 4.78 is 20.6. The van der Waals surface area contributed by atoms with E-state index in [4.69, 9.17) is 20.3 Å². The molecule has 0 saturated carbocycles. The smallest absolute Gasteiger partial charge is 0.387 e. The fraction of sp³-hybridized carbons (Fsp3) is 0.556. The molecule has 23 heavy (non-hydrogen) atoms. The van der Waals surface area contributed by atoms with Gasteiger partial charge in [0.05, 0.1) is 6.61 Å². The number of nitrogens with two attached hydrogens (primary N) is 1. The molecule has 1 saturated heterocycles. The van der Waals surface area contributed by atoms with Crippen molar-refractivity contribution in [2.24, 2.45) is 0 Å².